The van der Waals surface area contributed by atoms with E-state index < -0.39 is 44.9 Å². The fourth-order valence-electron chi connectivity index (χ4n) is 3.26. The van der Waals surface area contributed by atoms with E-state index in [0.717, 1.165) is 4.31 Å². The van der Waals surface area contributed by atoms with Gasteiger partial charge in [0.1, 0.15) is 17.4 Å². The minimum Gasteiger partial charge on any atom is -0.348 e. The summed E-state index contributed by atoms with van der Waals surface area (Å²) in [5.74, 6) is -0.172. The predicted molar refractivity (Wildman–Crippen MR) is 95.1 cm³/mol. The van der Waals surface area contributed by atoms with Crippen LogP contribution in [0.1, 0.15) is 24.8 Å². The first-order chi connectivity index (χ1) is 13.7. The molecule has 2 atom stereocenters. The Labute approximate surface area is 163 Å². The molecule has 1 saturated heterocycles. The zero-order chi connectivity index (χ0) is 20.8. The van der Waals surface area contributed by atoms with E-state index in [4.69, 9.17) is 0 Å². The molecule has 29 heavy (non-hydrogen) atoms. The number of aromatic amines is 1. The van der Waals surface area contributed by atoms with Gasteiger partial charge in [-0.25, -0.2) is 27.8 Å². The molecule has 158 valence electrons. The van der Waals surface area contributed by atoms with Crippen LogP contribution in [0.3, 0.4) is 0 Å². The third kappa shape index (κ3) is 4.06. The van der Waals surface area contributed by atoms with Crippen molar-refractivity contribution >= 4 is 16.0 Å². The minimum absolute atomic E-state index is 0.0462. The van der Waals surface area contributed by atoms with E-state index in [0.29, 0.717) is 19.0 Å². The fourth-order valence-corrected chi connectivity index (χ4v) is 5.13. The number of H-pyrrole nitrogens is 1. The zero-order valence-electron chi connectivity index (χ0n) is 15.0. The summed E-state index contributed by atoms with van der Waals surface area (Å²) in [6.07, 6.45) is -1.84. The van der Waals surface area contributed by atoms with Crippen molar-refractivity contribution in [3.63, 3.8) is 0 Å². The van der Waals surface area contributed by atoms with Crippen LogP contribution >= 0.6 is 0 Å². The lowest BCUT2D eigenvalue weighted by molar-refractivity contribution is -0.137. The number of nitrogens with zero attached hydrogens (tertiary/aromatic N) is 4. The van der Waals surface area contributed by atoms with Crippen molar-refractivity contribution < 1.29 is 26.0 Å². The standard InChI is InChI=1S/C16H18F4N6O2S/c17-11-7-26(29(27,28)9-1-2-9)4-3-12(11)24-15-22-5-10(16(18,19)20)14(25-15)13-6-21-8-23-13/h5-6,8-9,11-12H,1-4,7H2,(H,21,23)(H,22,24,25)/t11-,12+/m1/s1. The third-order valence-corrected chi connectivity index (χ3v) is 7.34. The Kier molecular flexibility index (Phi) is 4.97. The van der Waals surface area contributed by atoms with Crippen LogP contribution < -0.4 is 5.32 Å². The second-order valence-electron chi connectivity index (χ2n) is 7.08. The lowest BCUT2D eigenvalue weighted by Gasteiger charge is -2.34. The molecule has 2 aliphatic rings. The predicted octanol–water partition coefficient (Wildman–Crippen LogP) is 2.20. The van der Waals surface area contributed by atoms with Crippen LogP contribution in [0.4, 0.5) is 23.5 Å². The molecule has 0 bridgehead atoms. The summed E-state index contributed by atoms with van der Waals surface area (Å²) in [7, 11) is -3.48. The van der Waals surface area contributed by atoms with Gasteiger partial charge in [-0.05, 0) is 19.3 Å². The van der Waals surface area contributed by atoms with Crippen LogP contribution in [0.5, 0.6) is 0 Å². The van der Waals surface area contributed by atoms with Crippen LogP contribution in [0.2, 0.25) is 0 Å². The summed E-state index contributed by atoms with van der Waals surface area (Å²) >= 11 is 0. The highest BCUT2D eigenvalue weighted by molar-refractivity contribution is 7.90. The number of halogens is 4. The second kappa shape index (κ2) is 7.20. The van der Waals surface area contributed by atoms with Crippen molar-refractivity contribution in [1.29, 1.82) is 0 Å². The summed E-state index contributed by atoms with van der Waals surface area (Å²) < 4.78 is 80.1. The van der Waals surface area contributed by atoms with Gasteiger partial charge in [0.05, 0.1) is 29.5 Å². The van der Waals surface area contributed by atoms with Crippen molar-refractivity contribution in [2.75, 3.05) is 18.4 Å². The van der Waals surface area contributed by atoms with Gasteiger partial charge >= 0.3 is 6.18 Å². The molecule has 0 spiro atoms. The highest BCUT2D eigenvalue weighted by Gasteiger charge is 2.44. The highest BCUT2D eigenvalue weighted by Crippen LogP contribution is 2.36. The molecule has 2 aromatic heterocycles. The molecule has 0 aromatic carbocycles. The van der Waals surface area contributed by atoms with E-state index in [-0.39, 0.29) is 31.2 Å². The maximum absolute atomic E-state index is 14.6. The van der Waals surface area contributed by atoms with Crippen molar-refractivity contribution in [3.05, 3.63) is 24.3 Å². The molecule has 1 aliphatic carbocycles. The van der Waals surface area contributed by atoms with Gasteiger partial charge in [0, 0.05) is 19.3 Å². The molecular formula is C16H18F4N6O2S. The van der Waals surface area contributed by atoms with E-state index in [1.165, 1.54) is 12.5 Å². The molecule has 4 rings (SSSR count). The summed E-state index contributed by atoms with van der Waals surface area (Å²) in [4.78, 5) is 13.9. The maximum Gasteiger partial charge on any atom is 0.420 e. The number of alkyl halides is 4. The first kappa shape index (κ1) is 20.0. The van der Waals surface area contributed by atoms with Crippen molar-refractivity contribution in [3.8, 4) is 11.4 Å². The number of nitrogens with one attached hydrogen (secondary N) is 2. The fraction of sp³-hybridized carbons (Fsp3) is 0.562. The topological polar surface area (TPSA) is 104 Å². The lowest BCUT2D eigenvalue weighted by atomic mass is 10.1. The van der Waals surface area contributed by atoms with Crippen molar-refractivity contribution in [2.45, 2.75) is 42.9 Å². The molecule has 1 aliphatic heterocycles. The Balaban J connectivity index is 1.52. The molecule has 0 radical (unpaired) electrons. The first-order valence-corrected chi connectivity index (χ1v) is 10.5. The molecule has 2 fully saturated rings. The Bertz CT molecular complexity index is 978. The average molecular weight is 434 g/mol. The zero-order valence-corrected chi connectivity index (χ0v) is 15.8. The number of piperidine rings is 1. The highest BCUT2D eigenvalue weighted by atomic mass is 32.2. The lowest BCUT2D eigenvalue weighted by Crippen LogP contribution is -2.50. The molecule has 2 N–H and O–H groups in total. The van der Waals surface area contributed by atoms with Gasteiger partial charge in [-0.3, -0.25) is 0 Å². The molecule has 0 amide bonds. The molecule has 3 heterocycles. The van der Waals surface area contributed by atoms with Gasteiger partial charge in [-0.1, -0.05) is 0 Å². The van der Waals surface area contributed by atoms with E-state index >= 15 is 0 Å². The van der Waals surface area contributed by atoms with E-state index in [2.05, 4.69) is 25.3 Å². The molecule has 2 aromatic rings. The van der Waals surface area contributed by atoms with Crippen LogP contribution in [0.15, 0.2) is 18.7 Å². The molecule has 13 heteroatoms. The van der Waals surface area contributed by atoms with E-state index in [1.54, 1.807) is 0 Å². The number of rotatable bonds is 5. The largest absolute Gasteiger partial charge is 0.420 e. The summed E-state index contributed by atoms with van der Waals surface area (Å²) in [5.41, 5.74) is -1.41. The first-order valence-electron chi connectivity index (χ1n) is 8.99. The van der Waals surface area contributed by atoms with Crippen LogP contribution in [-0.2, 0) is 16.2 Å². The second-order valence-corrected chi connectivity index (χ2v) is 9.29. The molecule has 0 unspecified atom stereocenters. The van der Waals surface area contributed by atoms with Gasteiger partial charge in [0.2, 0.25) is 16.0 Å². The number of imidazole rings is 1. The molecule has 1 saturated carbocycles. The third-order valence-electron chi connectivity index (χ3n) is 4.97. The van der Waals surface area contributed by atoms with Crippen LogP contribution in [-0.4, -0.2) is 63.2 Å². The van der Waals surface area contributed by atoms with Gasteiger partial charge in [0.15, 0.2) is 0 Å². The summed E-state index contributed by atoms with van der Waals surface area (Å²) in [6, 6.07) is -0.813. The van der Waals surface area contributed by atoms with Gasteiger partial charge in [0.25, 0.3) is 0 Å². The summed E-state index contributed by atoms with van der Waals surface area (Å²) in [5, 5.41) is 2.29. The minimum atomic E-state index is -4.68. The molecular weight excluding hydrogens is 416 g/mol. The SMILES string of the molecule is O=S(=O)(C1CC1)N1CC[C@H](Nc2ncc(C(F)(F)F)c(-c3cnc[nH]3)n2)[C@H](F)C1. The molecule has 8 nitrogen and oxygen atoms in total. The number of anilines is 1. The van der Waals surface area contributed by atoms with Gasteiger partial charge < -0.3 is 10.3 Å². The Hall–Kier alpha value is -2.28. The van der Waals surface area contributed by atoms with Gasteiger partial charge in [-0.2, -0.15) is 17.5 Å². The van der Waals surface area contributed by atoms with Crippen molar-refractivity contribution in [2.24, 2.45) is 0 Å². The number of sulfonamides is 1. The van der Waals surface area contributed by atoms with Gasteiger partial charge in [-0.15, -0.1) is 0 Å². The summed E-state index contributed by atoms with van der Waals surface area (Å²) in [6.45, 7) is -0.171. The van der Waals surface area contributed by atoms with E-state index in [9.17, 15) is 26.0 Å². The van der Waals surface area contributed by atoms with Crippen LogP contribution in [0, 0.1) is 0 Å². The monoisotopic (exact) mass is 434 g/mol. The van der Waals surface area contributed by atoms with Crippen LogP contribution in [0.25, 0.3) is 11.4 Å². The number of hydrogen-bond donors (Lipinski definition) is 2. The number of aromatic nitrogens is 4. The quantitative estimate of drug-likeness (QED) is 0.700. The average Bonchev–Trinajstić information content (AvgIpc) is 3.38. The normalized spacial score (nSPS) is 23.9. The smallest absolute Gasteiger partial charge is 0.348 e. The Morgan fingerprint density at radius 2 is 1.97 bits per heavy atom. The Morgan fingerprint density at radius 3 is 2.55 bits per heavy atom. The van der Waals surface area contributed by atoms with Crippen molar-refractivity contribution in [1.82, 2.24) is 24.2 Å². The Morgan fingerprint density at radius 1 is 1.21 bits per heavy atom. The number of hydrogen-bond acceptors (Lipinski definition) is 6. The van der Waals surface area contributed by atoms with E-state index in [1.807, 2.05) is 0 Å². The maximum atomic E-state index is 14.6.